The third-order valence-electron chi connectivity index (χ3n) is 4.35. The summed E-state index contributed by atoms with van der Waals surface area (Å²) in [4.78, 5) is 25.9. The molecule has 0 aromatic heterocycles. The maximum Gasteiger partial charge on any atom is 0.244 e. The van der Waals surface area contributed by atoms with E-state index in [9.17, 15) is 22.4 Å². The molecule has 0 bridgehead atoms. The van der Waals surface area contributed by atoms with Crippen LogP contribution in [0.5, 0.6) is 0 Å². The van der Waals surface area contributed by atoms with Crippen molar-refractivity contribution in [2.24, 2.45) is 0 Å². The van der Waals surface area contributed by atoms with Crippen molar-refractivity contribution in [3.63, 3.8) is 0 Å². The monoisotopic (exact) mass is 405 g/mol. The molecule has 1 aliphatic heterocycles. The molecule has 0 aliphatic carbocycles. The largest absolute Gasteiger partial charge is 0.323 e. The van der Waals surface area contributed by atoms with Crippen molar-refractivity contribution < 1.29 is 22.4 Å². The molecular weight excluding hydrogens is 385 g/mol. The molecule has 0 atom stereocenters. The molecule has 0 unspecified atom stereocenters. The first-order valence-corrected chi connectivity index (χ1v) is 10.5. The number of anilines is 3. The first-order chi connectivity index (χ1) is 13.3. The number of sulfonamides is 1. The van der Waals surface area contributed by atoms with E-state index >= 15 is 0 Å². The predicted octanol–water partition coefficient (Wildman–Crippen LogP) is 2.36. The molecule has 7 nitrogen and oxygen atoms in total. The molecule has 3 rings (SSSR count). The van der Waals surface area contributed by atoms with Crippen molar-refractivity contribution >= 4 is 38.9 Å². The summed E-state index contributed by atoms with van der Waals surface area (Å²) in [5.74, 6) is -1.25. The summed E-state index contributed by atoms with van der Waals surface area (Å²) >= 11 is 0. The maximum atomic E-state index is 14.0. The van der Waals surface area contributed by atoms with Gasteiger partial charge in [-0.3, -0.25) is 13.9 Å². The van der Waals surface area contributed by atoms with Gasteiger partial charge in [0.2, 0.25) is 21.8 Å². The van der Waals surface area contributed by atoms with Crippen molar-refractivity contribution in [2.45, 2.75) is 12.8 Å². The number of para-hydroxylation sites is 3. The van der Waals surface area contributed by atoms with Crippen molar-refractivity contribution in [2.75, 3.05) is 33.9 Å². The summed E-state index contributed by atoms with van der Waals surface area (Å²) in [7, 11) is -3.72. The molecule has 148 valence electrons. The maximum absolute atomic E-state index is 14.0. The van der Waals surface area contributed by atoms with Gasteiger partial charge in [0.25, 0.3) is 0 Å². The summed E-state index contributed by atoms with van der Waals surface area (Å²) in [6.07, 6.45) is 1.19. The average Bonchev–Trinajstić information content (AvgIpc) is 2.64. The van der Waals surface area contributed by atoms with Crippen LogP contribution < -0.4 is 14.5 Å². The summed E-state index contributed by atoms with van der Waals surface area (Å²) in [6, 6.07) is 12.5. The molecule has 1 N–H and O–H groups in total. The number of halogens is 1. The topological polar surface area (TPSA) is 86.8 Å². The second kappa shape index (κ2) is 7.97. The first-order valence-electron chi connectivity index (χ1n) is 8.69. The summed E-state index contributed by atoms with van der Waals surface area (Å²) in [6.45, 7) is -0.147. The second-order valence-corrected chi connectivity index (χ2v) is 8.34. The Balaban J connectivity index is 1.71. The minimum absolute atomic E-state index is 0.0160. The van der Waals surface area contributed by atoms with E-state index < -0.39 is 15.8 Å². The van der Waals surface area contributed by atoms with E-state index in [-0.39, 0.29) is 43.4 Å². The van der Waals surface area contributed by atoms with Gasteiger partial charge < -0.3 is 10.2 Å². The van der Waals surface area contributed by atoms with Crippen LogP contribution in [0.4, 0.5) is 21.5 Å². The zero-order valence-electron chi connectivity index (χ0n) is 15.3. The fourth-order valence-corrected chi connectivity index (χ4v) is 4.05. The molecule has 0 fully saturated rings. The number of carbonyl (C=O) groups excluding carboxylic acids is 2. The van der Waals surface area contributed by atoms with Crippen LogP contribution in [0.15, 0.2) is 48.5 Å². The normalized spacial score (nSPS) is 13.6. The van der Waals surface area contributed by atoms with E-state index in [0.29, 0.717) is 11.4 Å². The Kier molecular flexibility index (Phi) is 5.64. The number of fused-ring (bicyclic) bond motifs is 1. The van der Waals surface area contributed by atoms with Crippen LogP contribution in [-0.4, -0.2) is 39.6 Å². The molecule has 2 aromatic carbocycles. The van der Waals surface area contributed by atoms with Crippen LogP contribution in [0.3, 0.4) is 0 Å². The van der Waals surface area contributed by atoms with E-state index in [4.69, 9.17) is 0 Å². The van der Waals surface area contributed by atoms with Crippen molar-refractivity contribution in [1.82, 2.24) is 0 Å². The van der Waals surface area contributed by atoms with Crippen LogP contribution in [-0.2, 0) is 19.6 Å². The van der Waals surface area contributed by atoms with E-state index in [1.807, 2.05) is 0 Å². The van der Waals surface area contributed by atoms with E-state index in [2.05, 4.69) is 5.32 Å². The number of hydrogen-bond donors (Lipinski definition) is 1. The van der Waals surface area contributed by atoms with E-state index in [1.54, 1.807) is 30.3 Å². The SMILES string of the molecule is CS(=O)(=O)N(CCCC(=O)N1CC(=O)Nc2ccccc21)c1ccccc1F. The summed E-state index contributed by atoms with van der Waals surface area (Å²) < 4.78 is 39.1. The van der Waals surface area contributed by atoms with Gasteiger partial charge in [-0.15, -0.1) is 0 Å². The minimum atomic E-state index is -3.72. The molecule has 2 aromatic rings. The Morgan fingerprint density at radius 3 is 2.57 bits per heavy atom. The fraction of sp³-hybridized carbons (Fsp3) is 0.263. The smallest absolute Gasteiger partial charge is 0.244 e. The number of amides is 2. The van der Waals surface area contributed by atoms with Crippen molar-refractivity contribution in [3.8, 4) is 0 Å². The molecule has 0 spiro atoms. The van der Waals surface area contributed by atoms with Gasteiger partial charge in [-0.2, -0.15) is 0 Å². The second-order valence-electron chi connectivity index (χ2n) is 6.44. The van der Waals surface area contributed by atoms with Gasteiger partial charge in [0.1, 0.15) is 12.4 Å². The molecular formula is C19H20FN3O4S. The molecule has 0 saturated heterocycles. The summed E-state index contributed by atoms with van der Waals surface area (Å²) in [5.41, 5.74) is 1.09. The Morgan fingerprint density at radius 1 is 1.18 bits per heavy atom. The van der Waals surface area contributed by atoms with Crippen LogP contribution in [0.25, 0.3) is 0 Å². The highest BCUT2D eigenvalue weighted by molar-refractivity contribution is 7.92. The molecule has 1 heterocycles. The molecule has 1 aliphatic rings. The highest BCUT2D eigenvalue weighted by atomic mass is 32.2. The number of nitrogens with one attached hydrogen (secondary N) is 1. The lowest BCUT2D eigenvalue weighted by atomic mass is 10.1. The number of rotatable bonds is 6. The van der Waals surface area contributed by atoms with Gasteiger partial charge in [0.05, 0.1) is 23.3 Å². The third kappa shape index (κ3) is 4.30. The van der Waals surface area contributed by atoms with Gasteiger partial charge in [-0.25, -0.2) is 12.8 Å². The molecule has 28 heavy (non-hydrogen) atoms. The number of hydrogen-bond acceptors (Lipinski definition) is 4. The quantitative estimate of drug-likeness (QED) is 0.799. The zero-order chi connectivity index (χ0) is 20.3. The first kappa shape index (κ1) is 19.8. The Hall–Kier alpha value is -2.94. The lowest BCUT2D eigenvalue weighted by Crippen LogP contribution is -2.42. The fourth-order valence-electron chi connectivity index (χ4n) is 3.08. The number of carbonyl (C=O) groups is 2. The average molecular weight is 405 g/mol. The molecule has 0 radical (unpaired) electrons. The van der Waals surface area contributed by atoms with Gasteiger partial charge >= 0.3 is 0 Å². The van der Waals surface area contributed by atoms with E-state index in [1.165, 1.54) is 23.1 Å². The molecule has 2 amide bonds. The van der Waals surface area contributed by atoms with Crippen LogP contribution in [0.1, 0.15) is 12.8 Å². The van der Waals surface area contributed by atoms with Crippen molar-refractivity contribution in [1.29, 1.82) is 0 Å². The summed E-state index contributed by atoms with van der Waals surface area (Å²) in [5, 5.41) is 2.70. The highest BCUT2D eigenvalue weighted by Crippen LogP contribution is 2.29. The molecule has 9 heteroatoms. The molecule has 0 saturated carbocycles. The highest BCUT2D eigenvalue weighted by Gasteiger charge is 2.27. The zero-order valence-corrected chi connectivity index (χ0v) is 16.1. The lowest BCUT2D eigenvalue weighted by molar-refractivity contribution is -0.121. The van der Waals surface area contributed by atoms with Gasteiger partial charge in [-0.05, 0) is 30.7 Å². The lowest BCUT2D eigenvalue weighted by Gasteiger charge is -2.29. The van der Waals surface area contributed by atoms with Gasteiger partial charge in [0.15, 0.2) is 0 Å². The van der Waals surface area contributed by atoms with Crippen LogP contribution in [0.2, 0.25) is 0 Å². The van der Waals surface area contributed by atoms with Gasteiger partial charge in [0, 0.05) is 13.0 Å². The predicted molar refractivity (Wildman–Crippen MR) is 105 cm³/mol. The Bertz CT molecular complexity index is 1010. The van der Waals surface area contributed by atoms with Crippen molar-refractivity contribution in [3.05, 3.63) is 54.3 Å². The van der Waals surface area contributed by atoms with Gasteiger partial charge in [-0.1, -0.05) is 24.3 Å². The standard InChI is InChI=1S/C19H20FN3O4S/c1-28(26,27)23(16-9-4-2-7-14(16)20)12-6-11-19(25)22-13-18(24)21-15-8-3-5-10-17(15)22/h2-5,7-10H,6,11-13H2,1H3,(H,21,24). The number of benzene rings is 2. The third-order valence-corrected chi connectivity index (χ3v) is 5.52. The Morgan fingerprint density at radius 2 is 1.86 bits per heavy atom. The van der Waals surface area contributed by atoms with Crippen LogP contribution in [0, 0.1) is 5.82 Å². The Labute approximate surface area is 162 Å². The number of nitrogens with zero attached hydrogens (tertiary/aromatic N) is 2. The van der Waals surface area contributed by atoms with E-state index in [0.717, 1.165) is 10.6 Å². The van der Waals surface area contributed by atoms with Crippen LogP contribution >= 0.6 is 0 Å². The minimum Gasteiger partial charge on any atom is -0.323 e.